The van der Waals surface area contributed by atoms with Gasteiger partial charge in [-0.05, 0) is 80.3 Å². The SMILES string of the molecule is CC1=C(CCN2CCC(N(Cc3ccc(F)cc3)C(=O)NCc3ccc(OCC(C)C)cc3)CC2)C(O)N2CCCC(O)C2=N1. The number of hydrogen-bond acceptors (Lipinski definition) is 7. The molecule has 0 spiro atoms. The molecule has 0 radical (unpaired) electrons. The fraction of sp³-hybridized carbons (Fsp3) is 0.543. The lowest BCUT2D eigenvalue weighted by Crippen LogP contribution is -2.52. The molecule has 3 aliphatic heterocycles. The van der Waals surface area contributed by atoms with E-state index in [1.54, 1.807) is 12.1 Å². The first kappa shape index (κ1) is 32.9. The molecular weight excluding hydrogens is 573 g/mol. The Balaban J connectivity index is 1.17. The lowest BCUT2D eigenvalue weighted by molar-refractivity contribution is 0.0483. The van der Waals surface area contributed by atoms with Gasteiger partial charge in [0, 0.05) is 56.6 Å². The molecule has 2 fully saturated rings. The van der Waals surface area contributed by atoms with Crippen molar-refractivity contribution in [2.45, 2.75) is 84.3 Å². The summed E-state index contributed by atoms with van der Waals surface area (Å²) in [6.45, 7) is 10.7. The summed E-state index contributed by atoms with van der Waals surface area (Å²) in [5, 5.41) is 24.5. The second-order valence-electron chi connectivity index (χ2n) is 12.9. The molecule has 2 atom stereocenters. The van der Waals surface area contributed by atoms with Crippen LogP contribution in [0.15, 0.2) is 64.8 Å². The molecule has 3 heterocycles. The van der Waals surface area contributed by atoms with Crippen molar-refractivity contribution in [3.8, 4) is 5.75 Å². The van der Waals surface area contributed by atoms with Crippen LogP contribution in [-0.2, 0) is 13.1 Å². The Kier molecular flexibility index (Phi) is 11.1. The van der Waals surface area contributed by atoms with Crippen LogP contribution in [-0.4, -0.2) is 87.9 Å². The van der Waals surface area contributed by atoms with E-state index in [1.165, 1.54) is 12.1 Å². The number of hydrogen-bond donors (Lipinski definition) is 3. The molecule has 2 aromatic rings. The van der Waals surface area contributed by atoms with Crippen molar-refractivity contribution < 1.29 is 24.1 Å². The number of nitrogens with one attached hydrogen (secondary N) is 1. The number of aliphatic hydroxyl groups excluding tert-OH is 2. The van der Waals surface area contributed by atoms with Crippen molar-refractivity contribution in [3.63, 3.8) is 0 Å². The van der Waals surface area contributed by atoms with E-state index < -0.39 is 12.3 Å². The first-order chi connectivity index (χ1) is 21.7. The Morgan fingerprint density at radius 2 is 1.73 bits per heavy atom. The molecule has 10 heteroatoms. The van der Waals surface area contributed by atoms with Crippen molar-refractivity contribution in [3.05, 3.63) is 76.7 Å². The molecule has 0 saturated carbocycles. The van der Waals surface area contributed by atoms with Gasteiger partial charge >= 0.3 is 6.03 Å². The quantitative estimate of drug-likeness (QED) is 0.331. The summed E-state index contributed by atoms with van der Waals surface area (Å²) < 4.78 is 19.4. The third-order valence-corrected chi connectivity index (χ3v) is 9.00. The minimum Gasteiger partial charge on any atom is -0.493 e. The highest BCUT2D eigenvalue weighted by molar-refractivity contribution is 5.89. The van der Waals surface area contributed by atoms with Crippen LogP contribution in [0.2, 0.25) is 0 Å². The van der Waals surface area contributed by atoms with E-state index in [1.807, 2.05) is 41.0 Å². The third-order valence-electron chi connectivity index (χ3n) is 9.00. The number of carbonyl (C=O) groups is 1. The van der Waals surface area contributed by atoms with Gasteiger partial charge in [-0.25, -0.2) is 14.2 Å². The number of aliphatic hydroxyl groups is 2. The molecule has 2 saturated heterocycles. The summed E-state index contributed by atoms with van der Waals surface area (Å²) in [6.07, 6.45) is 2.48. The minimum atomic E-state index is -0.747. The average molecular weight is 622 g/mol. The number of piperidine rings is 2. The van der Waals surface area contributed by atoms with Crippen molar-refractivity contribution in [2.75, 3.05) is 32.8 Å². The van der Waals surface area contributed by atoms with Gasteiger partial charge in [-0.1, -0.05) is 38.1 Å². The summed E-state index contributed by atoms with van der Waals surface area (Å²) in [7, 11) is 0. The molecule has 2 unspecified atom stereocenters. The molecule has 0 aromatic heterocycles. The topological polar surface area (TPSA) is 101 Å². The molecule has 0 bridgehead atoms. The molecule has 2 aromatic carbocycles. The second-order valence-corrected chi connectivity index (χ2v) is 12.9. The predicted octanol–water partition coefficient (Wildman–Crippen LogP) is 4.89. The number of carbonyl (C=O) groups excluding carboxylic acids is 1. The zero-order valence-electron chi connectivity index (χ0n) is 26.8. The van der Waals surface area contributed by atoms with Gasteiger partial charge in [-0.2, -0.15) is 0 Å². The Bertz CT molecular complexity index is 1340. The number of aliphatic imine (C=N–C) groups is 1. The van der Waals surface area contributed by atoms with Crippen molar-refractivity contribution in [1.29, 1.82) is 0 Å². The number of amides is 2. The van der Waals surface area contributed by atoms with E-state index in [4.69, 9.17) is 4.74 Å². The van der Waals surface area contributed by atoms with Crippen LogP contribution >= 0.6 is 0 Å². The van der Waals surface area contributed by atoms with Crippen molar-refractivity contribution in [2.24, 2.45) is 10.9 Å². The van der Waals surface area contributed by atoms with E-state index in [2.05, 4.69) is 29.1 Å². The van der Waals surface area contributed by atoms with Gasteiger partial charge in [0.1, 0.15) is 23.5 Å². The predicted molar refractivity (Wildman–Crippen MR) is 173 cm³/mol. The van der Waals surface area contributed by atoms with Crippen LogP contribution in [0, 0.1) is 11.7 Å². The summed E-state index contributed by atoms with van der Waals surface area (Å²) in [5.41, 5.74) is 3.58. The van der Waals surface area contributed by atoms with Gasteiger partial charge in [0.25, 0.3) is 0 Å². The first-order valence-corrected chi connectivity index (χ1v) is 16.3. The molecule has 0 aliphatic carbocycles. The molecule has 3 aliphatic rings. The number of allylic oxidation sites excluding steroid dienone is 1. The lowest BCUT2D eigenvalue weighted by Gasteiger charge is -2.42. The number of benzene rings is 2. The van der Waals surface area contributed by atoms with Gasteiger partial charge < -0.3 is 35.0 Å². The summed E-state index contributed by atoms with van der Waals surface area (Å²) in [6, 6.07) is 14.1. The maximum absolute atomic E-state index is 13.6. The Morgan fingerprint density at radius 1 is 1.04 bits per heavy atom. The first-order valence-electron chi connectivity index (χ1n) is 16.3. The number of ether oxygens (including phenoxy) is 1. The van der Waals surface area contributed by atoms with Gasteiger partial charge in [0.15, 0.2) is 6.23 Å². The maximum atomic E-state index is 13.6. The fourth-order valence-corrected chi connectivity index (χ4v) is 6.34. The number of fused-ring (bicyclic) bond motifs is 1. The van der Waals surface area contributed by atoms with E-state index >= 15 is 0 Å². The zero-order chi connectivity index (χ0) is 31.9. The lowest BCUT2D eigenvalue weighted by atomic mass is 9.98. The Labute approximate surface area is 266 Å². The van der Waals surface area contributed by atoms with Crippen LogP contribution in [0.4, 0.5) is 9.18 Å². The molecule has 5 rings (SSSR count). The summed E-state index contributed by atoms with van der Waals surface area (Å²) >= 11 is 0. The summed E-state index contributed by atoms with van der Waals surface area (Å²) in [5.74, 6) is 1.55. The highest BCUT2D eigenvalue weighted by Gasteiger charge is 2.35. The van der Waals surface area contributed by atoms with Crippen LogP contribution in [0.5, 0.6) is 5.75 Å². The number of halogens is 1. The van der Waals surface area contributed by atoms with E-state index in [9.17, 15) is 19.4 Å². The van der Waals surface area contributed by atoms with Gasteiger partial charge in [-0.3, -0.25) is 0 Å². The Morgan fingerprint density at radius 3 is 2.42 bits per heavy atom. The van der Waals surface area contributed by atoms with E-state index in [0.29, 0.717) is 50.8 Å². The minimum absolute atomic E-state index is 0.0429. The monoisotopic (exact) mass is 621 g/mol. The number of rotatable bonds is 11. The second kappa shape index (κ2) is 15.2. The molecule has 3 N–H and O–H groups in total. The van der Waals surface area contributed by atoms with Crippen molar-refractivity contribution in [1.82, 2.24) is 20.0 Å². The van der Waals surface area contributed by atoms with E-state index in [-0.39, 0.29) is 17.9 Å². The number of nitrogens with zero attached hydrogens (tertiary/aromatic N) is 4. The number of urea groups is 1. The zero-order valence-corrected chi connectivity index (χ0v) is 26.8. The highest BCUT2D eigenvalue weighted by Crippen LogP contribution is 2.29. The van der Waals surface area contributed by atoms with Crippen LogP contribution < -0.4 is 10.1 Å². The van der Waals surface area contributed by atoms with Gasteiger partial charge in [0.2, 0.25) is 0 Å². The molecular formula is C35H48FN5O4. The van der Waals surface area contributed by atoms with Crippen molar-refractivity contribution >= 4 is 11.9 Å². The van der Waals surface area contributed by atoms with Gasteiger partial charge in [0.05, 0.1) is 6.61 Å². The van der Waals surface area contributed by atoms with Gasteiger partial charge in [-0.15, -0.1) is 0 Å². The normalized spacial score (nSPS) is 21.0. The summed E-state index contributed by atoms with van der Waals surface area (Å²) in [4.78, 5) is 24.3. The number of amidine groups is 1. The largest absolute Gasteiger partial charge is 0.493 e. The third kappa shape index (κ3) is 8.62. The maximum Gasteiger partial charge on any atom is 0.318 e. The highest BCUT2D eigenvalue weighted by atomic mass is 19.1. The van der Waals surface area contributed by atoms with Crippen LogP contribution in [0.1, 0.15) is 64.0 Å². The number of likely N-dealkylation sites (tertiary alicyclic amines) is 1. The van der Waals surface area contributed by atoms with Crippen LogP contribution in [0.25, 0.3) is 0 Å². The van der Waals surface area contributed by atoms with Crippen LogP contribution in [0.3, 0.4) is 0 Å². The molecule has 2 amide bonds. The van der Waals surface area contributed by atoms with E-state index in [0.717, 1.165) is 67.0 Å². The fourth-order valence-electron chi connectivity index (χ4n) is 6.34. The molecule has 9 nitrogen and oxygen atoms in total. The smallest absolute Gasteiger partial charge is 0.318 e. The molecule has 244 valence electrons. The standard InChI is InChI=1S/C35H48FN5O4/c1-24(2)23-45-30-12-8-26(9-13-30)21-37-35(44)41(22-27-6-10-28(36)11-7-27)29-14-18-39(19-15-29)20-16-31-25(3)38-33-32(42)5-4-17-40(33)34(31)43/h6-13,24,29,32,34,42-43H,4-5,14-23H2,1-3H3,(H,37,44). The average Bonchev–Trinajstić information content (AvgIpc) is 3.03. The Hall–Kier alpha value is -3.47. The molecule has 45 heavy (non-hydrogen) atoms.